The van der Waals surface area contributed by atoms with E-state index in [0.717, 1.165) is 17.3 Å². The molecular formula is C17H27N3O. The molecule has 0 aliphatic heterocycles. The number of nitrogens with zero attached hydrogens (tertiary/aromatic N) is 1. The van der Waals surface area contributed by atoms with Gasteiger partial charge >= 0.3 is 0 Å². The fraction of sp³-hybridized carbons (Fsp3) is 0.588. The molecule has 0 saturated heterocycles. The van der Waals surface area contributed by atoms with E-state index in [1.165, 1.54) is 18.4 Å². The summed E-state index contributed by atoms with van der Waals surface area (Å²) in [5, 5.41) is 6.75. The molecule has 0 radical (unpaired) electrons. The monoisotopic (exact) mass is 289 g/mol. The highest BCUT2D eigenvalue weighted by molar-refractivity contribution is 5.80. The number of nitrogens with one attached hydrogen (secondary N) is 2. The minimum atomic E-state index is -0.198. The first-order valence-electron chi connectivity index (χ1n) is 7.63. The van der Waals surface area contributed by atoms with E-state index in [-0.39, 0.29) is 5.60 Å². The number of rotatable bonds is 4. The van der Waals surface area contributed by atoms with Gasteiger partial charge in [-0.25, -0.2) is 0 Å². The second-order valence-electron chi connectivity index (χ2n) is 6.67. The Morgan fingerprint density at radius 3 is 2.62 bits per heavy atom. The van der Waals surface area contributed by atoms with Crippen molar-refractivity contribution in [2.45, 2.75) is 58.7 Å². The molecule has 116 valence electrons. The summed E-state index contributed by atoms with van der Waals surface area (Å²) in [6.07, 6.45) is 2.48. The fourth-order valence-electron chi connectivity index (χ4n) is 2.03. The molecule has 21 heavy (non-hydrogen) atoms. The van der Waals surface area contributed by atoms with E-state index in [1.807, 2.05) is 0 Å². The Hall–Kier alpha value is -1.71. The van der Waals surface area contributed by atoms with Crippen LogP contribution >= 0.6 is 0 Å². The average Bonchev–Trinajstić information content (AvgIpc) is 3.18. The number of aryl methyl sites for hydroxylation is 1. The summed E-state index contributed by atoms with van der Waals surface area (Å²) in [4.78, 5) is 4.26. The largest absolute Gasteiger partial charge is 0.488 e. The molecule has 0 bridgehead atoms. The van der Waals surface area contributed by atoms with Gasteiger partial charge in [0.1, 0.15) is 11.4 Å². The van der Waals surface area contributed by atoms with Crippen LogP contribution in [0.15, 0.2) is 23.2 Å². The van der Waals surface area contributed by atoms with Crippen LogP contribution in [0.3, 0.4) is 0 Å². The fourth-order valence-corrected chi connectivity index (χ4v) is 2.03. The van der Waals surface area contributed by atoms with Gasteiger partial charge in [-0.15, -0.1) is 0 Å². The predicted octanol–water partition coefficient (Wildman–Crippen LogP) is 3.00. The lowest BCUT2D eigenvalue weighted by Gasteiger charge is -2.24. The van der Waals surface area contributed by atoms with Gasteiger partial charge < -0.3 is 15.4 Å². The number of ether oxygens (including phenoxy) is 1. The van der Waals surface area contributed by atoms with Crippen molar-refractivity contribution in [1.82, 2.24) is 10.6 Å². The maximum atomic E-state index is 6.07. The van der Waals surface area contributed by atoms with Crippen molar-refractivity contribution in [3.63, 3.8) is 0 Å². The van der Waals surface area contributed by atoms with Crippen molar-refractivity contribution in [3.05, 3.63) is 29.3 Å². The molecule has 4 heteroatoms. The molecule has 4 nitrogen and oxygen atoms in total. The van der Waals surface area contributed by atoms with E-state index < -0.39 is 0 Å². The van der Waals surface area contributed by atoms with Crippen molar-refractivity contribution in [2.75, 3.05) is 7.05 Å². The van der Waals surface area contributed by atoms with Crippen LogP contribution in [0, 0.1) is 6.92 Å². The summed E-state index contributed by atoms with van der Waals surface area (Å²) in [6, 6.07) is 6.93. The molecule has 1 saturated carbocycles. The standard InChI is InChI=1S/C17H27N3O/c1-12-6-7-13(15(10-12)21-17(2,3)4)11-19-16(18-5)20-14-8-9-14/h6-7,10,14H,8-9,11H2,1-5H3,(H2,18,19,20). The molecule has 1 fully saturated rings. The van der Waals surface area contributed by atoms with E-state index in [0.29, 0.717) is 12.6 Å². The molecular weight excluding hydrogens is 262 g/mol. The molecule has 0 aromatic heterocycles. The lowest BCUT2D eigenvalue weighted by molar-refractivity contribution is 0.129. The van der Waals surface area contributed by atoms with E-state index in [1.54, 1.807) is 7.05 Å². The van der Waals surface area contributed by atoms with Crippen LogP contribution in [0.2, 0.25) is 0 Å². The van der Waals surface area contributed by atoms with Gasteiger partial charge in [0.05, 0.1) is 0 Å². The predicted molar refractivity (Wildman–Crippen MR) is 87.9 cm³/mol. The Labute approximate surface area is 128 Å². The van der Waals surface area contributed by atoms with E-state index in [2.05, 4.69) is 61.5 Å². The summed E-state index contributed by atoms with van der Waals surface area (Å²) >= 11 is 0. The Kier molecular flexibility index (Phi) is 4.76. The van der Waals surface area contributed by atoms with Crippen molar-refractivity contribution < 1.29 is 4.74 Å². The first-order valence-corrected chi connectivity index (χ1v) is 7.63. The molecule has 0 atom stereocenters. The minimum Gasteiger partial charge on any atom is -0.488 e. The molecule has 1 aromatic carbocycles. The zero-order valence-corrected chi connectivity index (χ0v) is 13.8. The second kappa shape index (κ2) is 6.37. The van der Waals surface area contributed by atoms with Crippen LogP contribution in [0.4, 0.5) is 0 Å². The zero-order chi connectivity index (χ0) is 15.5. The third-order valence-electron chi connectivity index (χ3n) is 3.23. The Balaban J connectivity index is 2.04. The zero-order valence-electron chi connectivity index (χ0n) is 13.8. The van der Waals surface area contributed by atoms with Gasteiger partial charge in [-0.1, -0.05) is 12.1 Å². The number of guanidine groups is 1. The van der Waals surface area contributed by atoms with Crippen LogP contribution in [0.25, 0.3) is 0 Å². The van der Waals surface area contributed by atoms with Gasteiger partial charge in [0, 0.05) is 25.2 Å². The summed E-state index contributed by atoms with van der Waals surface area (Å²) in [5.41, 5.74) is 2.16. The Morgan fingerprint density at radius 2 is 2.05 bits per heavy atom. The smallest absolute Gasteiger partial charge is 0.191 e. The molecule has 0 spiro atoms. The number of hydrogen-bond acceptors (Lipinski definition) is 2. The van der Waals surface area contributed by atoms with Crippen LogP contribution in [-0.2, 0) is 6.54 Å². The summed E-state index contributed by atoms with van der Waals surface area (Å²) in [7, 11) is 1.80. The van der Waals surface area contributed by atoms with Gasteiger partial charge in [-0.3, -0.25) is 4.99 Å². The molecule has 0 heterocycles. The molecule has 1 aliphatic carbocycles. The Bertz CT molecular complexity index is 513. The normalized spacial score (nSPS) is 15.8. The van der Waals surface area contributed by atoms with Gasteiger partial charge in [-0.2, -0.15) is 0 Å². The highest BCUT2D eigenvalue weighted by atomic mass is 16.5. The van der Waals surface area contributed by atoms with Crippen molar-refractivity contribution in [3.8, 4) is 5.75 Å². The van der Waals surface area contributed by atoms with Gasteiger partial charge in [0.25, 0.3) is 0 Å². The van der Waals surface area contributed by atoms with E-state index in [4.69, 9.17) is 4.74 Å². The average molecular weight is 289 g/mol. The molecule has 0 unspecified atom stereocenters. The summed E-state index contributed by atoms with van der Waals surface area (Å²) < 4.78 is 6.07. The van der Waals surface area contributed by atoms with Crippen molar-refractivity contribution in [1.29, 1.82) is 0 Å². The first kappa shape index (κ1) is 15.7. The molecule has 1 aliphatic rings. The van der Waals surface area contributed by atoms with Gasteiger partial charge in [-0.05, 0) is 52.2 Å². The van der Waals surface area contributed by atoms with E-state index in [9.17, 15) is 0 Å². The number of hydrogen-bond donors (Lipinski definition) is 2. The number of aliphatic imine (C=N–C) groups is 1. The lowest BCUT2D eigenvalue weighted by Crippen LogP contribution is -2.38. The van der Waals surface area contributed by atoms with Crippen LogP contribution in [-0.4, -0.2) is 24.7 Å². The molecule has 2 rings (SSSR count). The SMILES string of the molecule is CN=C(NCc1ccc(C)cc1OC(C)(C)C)NC1CC1. The van der Waals surface area contributed by atoms with Crippen LogP contribution in [0.5, 0.6) is 5.75 Å². The van der Waals surface area contributed by atoms with Gasteiger partial charge in [0.15, 0.2) is 5.96 Å². The first-order chi connectivity index (χ1) is 9.87. The third kappa shape index (κ3) is 5.29. The van der Waals surface area contributed by atoms with Crippen molar-refractivity contribution in [2.24, 2.45) is 4.99 Å². The van der Waals surface area contributed by atoms with E-state index >= 15 is 0 Å². The summed E-state index contributed by atoms with van der Waals surface area (Å²) in [5.74, 6) is 1.80. The number of benzene rings is 1. The van der Waals surface area contributed by atoms with Crippen LogP contribution < -0.4 is 15.4 Å². The van der Waals surface area contributed by atoms with Crippen LogP contribution in [0.1, 0.15) is 44.7 Å². The van der Waals surface area contributed by atoms with Gasteiger partial charge in [0.2, 0.25) is 0 Å². The topological polar surface area (TPSA) is 45.7 Å². The highest BCUT2D eigenvalue weighted by Gasteiger charge is 2.22. The highest BCUT2D eigenvalue weighted by Crippen LogP contribution is 2.25. The quantitative estimate of drug-likeness (QED) is 0.661. The minimum absolute atomic E-state index is 0.198. The Morgan fingerprint density at radius 1 is 1.33 bits per heavy atom. The molecule has 0 amide bonds. The summed E-state index contributed by atoms with van der Waals surface area (Å²) in [6.45, 7) is 9.00. The maximum absolute atomic E-state index is 6.07. The maximum Gasteiger partial charge on any atom is 0.191 e. The molecule has 2 N–H and O–H groups in total. The van der Waals surface area contributed by atoms with Crippen molar-refractivity contribution >= 4 is 5.96 Å². The third-order valence-corrected chi connectivity index (χ3v) is 3.23. The molecule has 1 aromatic rings. The second-order valence-corrected chi connectivity index (χ2v) is 6.67. The lowest BCUT2D eigenvalue weighted by atomic mass is 10.1.